The number of piperazine rings is 1. The van der Waals surface area contributed by atoms with Crippen molar-refractivity contribution in [2.24, 2.45) is 5.92 Å². The van der Waals surface area contributed by atoms with E-state index in [0.29, 0.717) is 24.2 Å². The number of nitrogens with zero attached hydrogens (tertiary/aromatic N) is 2. The SMILES string of the molecule is CCN1C(=O)C2CCNN2C2CCC(C(=O)NCc3cccc(Cl)c3)CC21. The minimum Gasteiger partial charge on any atom is -0.352 e. The Morgan fingerprint density at radius 3 is 2.93 bits per heavy atom. The van der Waals surface area contributed by atoms with Gasteiger partial charge in [0.15, 0.2) is 0 Å². The van der Waals surface area contributed by atoms with E-state index in [1.165, 1.54) is 0 Å². The molecule has 3 fully saturated rings. The predicted molar refractivity (Wildman–Crippen MR) is 104 cm³/mol. The Hall–Kier alpha value is -1.63. The van der Waals surface area contributed by atoms with Crippen LogP contribution in [0.2, 0.25) is 5.02 Å². The number of hydrogen-bond donors (Lipinski definition) is 2. The number of carbonyl (C=O) groups is 2. The monoisotopic (exact) mass is 390 g/mol. The third kappa shape index (κ3) is 3.58. The average molecular weight is 391 g/mol. The van der Waals surface area contributed by atoms with Gasteiger partial charge in [-0.05, 0) is 50.3 Å². The lowest BCUT2D eigenvalue weighted by Crippen LogP contribution is -2.68. The second-order valence-electron chi connectivity index (χ2n) is 7.74. The molecule has 2 N–H and O–H groups in total. The fourth-order valence-electron chi connectivity index (χ4n) is 4.92. The summed E-state index contributed by atoms with van der Waals surface area (Å²) in [5, 5.41) is 5.91. The average Bonchev–Trinajstić information content (AvgIpc) is 3.16. The number of benzene rings is 1. The summed E-state index contributed by atoms with van der Waals surface area (Å²) in [5.74, 6) is 0.239. The summed E-state index contributed by atoms with van der Waals surface area (Å²) in [6.45, 7) is 4.09. The molecule has 4 rings (SSSR count). The van der Waals surface area contributed by atoms with Gasteiger partial charge in [-0.1, -0.05) is 23.7 Å². The van der Waals surface area contributed by atoms with Crippen molar-refractivity contribution in [3.8, 4) is 0 Å². The zero-order chi connectivity index (χ0) is 19.0. The number of halogens is 1. The lowest BCUT2D eigenvalue weighted by atomic mass is 9.78. The first-order chi connectivity index (χ1) is 13.1. The molecule has 0 aromatic heterocycles. The third-order valence-corrected chi connectivity index (χ3v) is 6.46. The summed E-state index contributed by atoms with van der Waals surface area (Å²) < 4.78 is 0. The number of hydrazine groups is 1. The van der Waals surface area contributed by atoms with Crippen LogP contribution in [-0.4, -0.2) is 52.9 Å². The van der Waals surface area contributed by atoms with Gasteiger partial charge in [0.25, 0.3) is 0 Å². The highest BCUT2D eigenvalue weighted by Crippen LogP contribution is 2.37. The molecule has 2 heterocycles. The molecule has 146 valence electrons. The molecule has 0 bridgehead atoms. The lowest BCUT2D eigenvalue weighted by molar-refractivity contribution is -0.155. The molecule has 1 saturated carbocycles. The van der Waals surface area contributed by atoms with Crippen LogP contribution in [0.25, 0.3) is 0 Å². The molecule has 1 aliphatic carbocycles. The molecule has 1 aromatic rings. The Morgan fingerprint density at radius 2 is 2.15 bits per heavy atom. The quantitative estimate of drug-likeness (QED) is 0.824. The van der Waals surface area contributed by atoms with Crippen LogP contribution >= 0.6 is 11.6 Å². The second-order valence-corrected chi connectivity index (χ2v) is 8.17. The molecule has 2 amide bonds. The molecule has 2 saturated heterocycles. The maximum Gasteiger partial charge on any atom is 0.241 e. The van der Waals surface area contributed by atoms with Crippen LogP contribution in [0.5, 0.6) is 0 Å². The van der Waals surface area contributed by atoms with Gasteiger partial charge in [-0.2, -0.15) is 0 Å². The van der Waals surface area contributed by atoms with Gasteiger partial charge in [0, 0.05) is 42.7 Å². The van der Waals surface area contributed by atoms with Crippen LogP contribution in [0.15, 0.2) is 24.3 Å². The molecule has 0 radical (unpaired) electrons. The maximum absolute atomic E-state index is 12.8. The molecule has 1 aromatic carbocycles. The van der Waals surface area contributed by atoms with Crippen LogP contribution in [-0.2, 0) is 16.1 Å². The van der Waals surface area contributed by atoms with Crippen molar-refractivity contribution in [3.63, 3.8) is 0 Å². The Bertz CT molecular complexity index is 728. The highest BCUT2D eigenvalue weighted by atomic mass is 35.5. The minimum absolute atomic E-state index is 0.0283. The highest BCUT2D eigenvalue weighted by molar-refractivity contribution is 6.30. The first-order valence-corrected chi connectivity index (χ1v) is 10.3. The molecule has 4 unspecified atom stereocenters. The zero-order valence-corrected chi connectivity index (χ0v) is 16.4. The molecule has 27 heavy (non-hydrogen) atoms. The summed E-state index contributed by atoms with van der Waals surface area (Å²) in [4.78, 5) is 27.6. The second kappa shape index (κ2) is 7.78. The Kier molecular flexibility index (Phi) is 5.39. The van der Waals surface area contributed by atoms with Crippen molar-refractivity contribution >= 4 is 23.4 Å². The van der Waals surface area contributed by atoms with Crippen LogP contribution in [0, 0.1) is 5.92 Å². The fraction of sp³-hybridized carbons (Fsp3) is 0.600. The number of carbonyl (C=O) groups excluding carboxylic acids is 2. The maximum atomic E-state index is 12.8. The number of amides is 2. The van der Waals surface area contributed by atoms with Crippen molar-refractivity contribution in [1.82, 2.24) is 20.7 Å². The molecule has 6 nitrogen and oxygen atoms in total. The summed E-state index contributed by atoms with van der Waals surface area (Å²) in [5.41, 5.74) is 4.40. The van der Waals surface area contributed by atoms with Gasteiger partial charge >= 0.3 is 0 Å². The summed E-state index contributed by atoms with van der Waals surface area (Å²) in [7, 11) is 0. The van der Waals surface area contributed by atoms with Crippen molar-refractivity contribution in [1.29, 1.82) is 0 Å². The largest absolute Gasteiger partial charge is 0.352 e. The minimum atomic E-state index is -0.0496. The van der Waals surface area contributed by atoms with Crippen molar-refractivity contribution in [2.75, 3.05) is 13.1 Å². The van der Waals surface area contributed by atoms with Gasteiger partial charge in [0.05, 0.1) is 0 Å². The first kappa shape index (κ1) is 18.7. The van der Waals surface area contributed by atoms with E-state index >= 15 is 0 Å². The number of likely N-dealkylation sites (N-methyl/N-ethyl adjacent to an activating group) is 1. The Labute approximate surface area is 165 Å². The van der Waals surface area contributed by atoms with Gasteiger partial charge in [0.1, 0.15) is 6.04 Å². The summed E-state index contributed by atoms with van der Waals surface area (Å²) in [6, 6.07) is 7.94. The van der Waals surface area contributed by atoms with E-state index in [1.807, 2.05) is 36.1 Å². The van der Waals surface area contributed by atoms with E-state index in [1.54, 1.807) is 0 Å². The van der Waals surface area contributed by atoms with Crippen molar-refractivity contribution in [3.05, 3.63) is 34.9 Å². The lowest BCUT2D eigenvalue weighted by Gasteiger charge is -2.51. The molecular weight excluding hydrogens is 364 g/mol. The number of fused-ring (bicyclic) bond motifs is 3. The number of hydrogen-bond acceptors (Lipinski definition) is 4. The standard InChI is InChI=1S/C20H27ClN4O2/c1-2-24-18-11-14(19(26)22-12-13-4-3-5-15(21)10-13)6-7-16(18)25-17(20(24)27)8-9-23-25/h3-5,10,14,16-18,23H,2,6-9,11-12H2,1H3,(H,22,26). The smallest absolute Gasteiger partial charge is 0.241 e. The van der Waals surface area contributed by atoms with E-state index < -0.39 is 0 Å². The highest BCUT2D eigenvalue weighted by Gasteiger charge is 2.50. The van der Waals surface area contributed by atoms with Crippen LogP contribution in [0.4, 0.5) is 0 Å². The van der Waals surface area contributed by atoms with Crippen molar-refractivity contribution < 1.29 is 9.59 Å². The van der Waals surface area contributed by atoms with E-state index in [0.717, 1.165) is 37.8 Å². The van der Waals surface area contributed by atoms with Gasteiger partial charge < -0.3 is 10.2 Å². The fourth-order valence-corrected chi connectivity index (χ4v) is 5.14. The van der Waals surface area contributed by atoms with Crippen LogP contribution in [0.3, 0.4) is 0 Å². The normalized spacial score (nSPS) is 30.7. The molecular formula is C20H27ClN4O2. The van der Waals surface area contributed by atoms with Gasteiger partial charge in [-0.3, -0.25) is 15.0 Å². The van der Waals surface area contributed by atoms with Gasteiger partial charge in [0.2, 0.25) is 11.8 Å². The molecule has 3 aliphatic rings. The zero-order valence-electron chi connectivity index (χ0n) is 15.7. The van der Waals surface area contributed by atoms with Gasteiger partial charge in [-0.25, -0.2) is 5.01 Å². The summed E-state index contributed by atoms with van der Waals surface area (Å²) >= 11 is 6.01. The van der Waals surface area contributed by atoms with E-state index in [9.17, 15) is 9.59 Å². The van der Waals surface area contributed by atoms with E-state index in [2.05, 4.69) is 15.8 Å². The molecule has 2 aliphatic heterocycles. The third-order valence-electron chi connectivity index (χ3n) is 6.22. The predicted octanol–water partition coefficient (Wildman–Crippen LogP) is 1.93. The van der Waals surface area contributed by atoms with Gasteiger partial charge in [-0.15, -0.1) is 0 Å². The topological polar surface area (TPSA) is 64.7 Å². The molecule has 4 atom stereocenters. The Balaban J connectivity index is 1.41. The Morgan fingerprint density at radius 1 is 1.30 bits per heavy atom. The van der Waals surface area contributed by atoms with Crippen molar-refractivity contribution in [2.45, 2.75) is 57.3 Å². The molecule has 7 heteroatoms. The van der Waals surface area contributed by atoms with Crippen LogP contribution in [0.1, 0.15) is 38.2 Å². The number of rotatable bonds is 4. The molecule has 0 spiro atoms. The summed E-state index contributed by atoms with van der Waals surface area (Å²) in [6.07, 6.45) is 3.41. The first-order valence-electron chi connectivity index (χ1n) is 9.93. The number of nitrogens with one attached hydrogen (secondary N) is 2. The van der Waals surface area contributed by atoms with E-state index in [4.69, 9.17) is 11.6 Å². The van der Waals surface area contributed by atoms with E-state index in [-0.39, 0.29) is 29.8 Å². The van der Waals surface area contributed by atoms with Crippen LogP contribution < -0.4 is 10.7 Å².